The van der Waals surface area contributed by atoms with Gasteiger partial charge in [0.15, 0.2) is 11.1 Å². The van der Waals surface area contributed by atoms with Crippen molar-refractivity contribution in [2.75, 3.05) is 0 Å². The molecule has 1 unspecified atom stereocenters. The summed E-state index contributed by atoms with van der Waals surface area (Å²) in [6.45, 7) is 0. The van der Waals surface area contributed by atoms with Crippen molar-refractivity contribution in [3.8, 4) is 5.75 Å². The second-order valence-electron chi connectivity index (χ2n) is 3.32. The fourth-order valence-corrected chi connectivity index (χ4v) is 2.78. The van der Waals surface area contributed by atoms with Crippen LogP contribution in [0.4, 0.5) is 0 Å². The van der Waals surface area contributed by atoms with Crippen molar-refractivity contribution in [3.63, 3.8) is 0 Å². The van der Waals surface area contributed by atoms with Crippen LogP contribution in [0.2, 0.25) is 0 Å². The van der Waals surface area contributed by atoms with Gasteiger partial charge in [0.2, 0.25) is 4.73 Å². The minimum Gasteiger partial charge on any atom is -0.483 e. The third kappa shape index (κ3) is 1.66. The Morgan fingerprint density at radius 1 is 1.40 bits per heavy atom. The predicted octanol–water partition coefficient (Wildman–Crippen LogP) is 2.98. The Kier molecular flexibility index (Phi) is 2.21. The first-order chi connectivity index (χ1) is 7.33. The SMILES string of the molecule is Brc1nsc(C2Cc3ccccc3O2)n1. The van der Waals surface area contributed by atoms with Crippen molar-refractivity contribution in [1.29, 1.82) is 0 Å². The third-order valence-electron chi connectivity index (χ3n) is 2.34. The summed E-state index contributed by atoms with van der Waals surface area (Å²) in [5.74, 6) is 0.967. The lowest BCUT2D eigenvalue weighted by atomic mass is 10.1. The van der Waals surface area contributed by atoms with Gasteiger partial charge in [-0.05, 0) is 39.1 Å². The number of halogens is 1. The number of hydrogen-bond donors (Lipinski definition) is 0. The van der Waals surface area contributed by atoms with Crippen molar-refractivity contribution in [2.45, 2.75) is 12.5 Å². The van der Waals surface area contributed by atoms with E-state index in [1.165, 1.54) is 17.1 Å². The molecule has 2 heterocycles. The van der Waals surface area contributed by atoms with E-state index in [2.05, 4.69) is 31.4 Å². The van der Waals surface area contributed by atoms with Crippen molar-refractivity contribution >= 4 is 27.5 Å². The Bertz CT molecular complexity index is 475. The molecule has 1 aromatic heterocycles. The lowest BCUT2D eigenvalue weighted by Crippen LogP contribution is -2.02. The van der Waals surface area contributed by atoms with Crippen molar-refractivity contribution in [1.82, 2.24) is 9.36 Å². The Morgan fingerprint density at radius 3 is 3.00 bits per heavy atom. The number of fused-ring (bicyclic) bond motifs is 1. The molecule has 15 heavy (non-hydrogen) atoms. The van der Waals surface area contributed by atoms with Crippen LogP contribution in [-0.2, 0) is 6.42 Å². The molecule has 0 radical (unpaired) electrons. The zero-order valence-electron chi connectivity index (χ0n) is 7.68. The van der Waals surface area contributed by atoms with Gasteiger partial charge >= 0.3 is 0 Å². The van der Waals surface area contributed by atoms with Crippen molar-refractivity contribution < 1.29 is 4.74 Å². The maximum Gasteiger partial charge on any atom is 0.209 e. The average molecular weight is 283 g/mol. The number of hydrogen-bond acceptors (Lipinski definition) is 4. The lowest BCUT2D eigenvalue weighted by molar-refractivity contribution is 0.238. The molecular weight excluding hydrogens is 276 g/mol. The van der Waals surface area contributed by atoms with Gasteiger partial charge in [-0.15, -0.1) is 0 Å². The highest BCUT2D eigenvalue weighted by Gasteiger charge is 2.26. The molecule has 76 valence electrons. The van der Waals surface area contributed by atoms with Gasteiger partial charge in [-0.3, -0.25) is 0 Å². The van der Waals surface area contributed by atoms with E-state index >= 15 is 0 Å². The van der Waals surface area contributed by atoms with E-state index in [1.807, 2.05) is 18.2 Å². The van der Waals surface area contributed by atoms with E-state index in [0.717, 1.165) is 17.2 Å². The Labute approximate surface area is 99.4 Å². The summed E-state index contributed by atoms with van der Waals surface area (Å²) in [4.78, 5) is 4.27. The smallest absolute Gasteiger partial charge is 0.209 e. The van der Waals surface area contributed by atoms with Crippen LogP contribution in [0.1, 0.15) is 16.7 Å². The Hall–Kier alpha value is -0.940. The van der Waals surface area contributed by atoms with Crippen LogP contribution in [0.15, 0.2) is 29.0 Å². The van der Waals surface area contributed by atoms with Gasteiger partial charge in [0.05, 0.1) is 0 Å². The number of benzene rings is 1. The fourth-order valence-electron chi connectivity index (χ4n) is 1.67. The maximum absolute atomic E-state index is 5.79. The summed E-state index contributed by atoms with van der Waals surface area (Å²) in [6, 6.07) is 8.09. The highest BCUT2D eigenvalue weighted by atomic mass is 79.9. The van der Waals surface area contributed by atoms with Crippen LogP contribution in [0, 0.1) is 0 Å². The first-order valence-corrected chi connectivity index (χ1v) is 6.13. The zero-order valence-corrected chi connectivity index (χ0v) is 10.1. The van der Waals surface area contributed by atoms with E-state index in [4.69, 9.17) is 4.74 Å². The van der Waals surface area contributed by atoms with Crippen LogP contribution in [0.3, 0.4) is 0 Å². The minimum absolute atomic E-state index is 0.0335. The largest absolute Gasteiger partial charge is 0.483 e. The number of nitrogens with zero attached hydrogens (tertiary/aromatic N) is 2. The van der Waals surface area contributed by atoms with Gasteiger partial charge in [-0.1, -0.05) is 18.2 Å². The molecule has 1 atom stereocenters. The monoisotopic (exact) mass is 282 g/mol. The number of aromatic nitrogens is 2. The number of para-hydroxylation sites is 1. The maximum atomic E-state index is 5.79. The molecule has 0 bridgehead atoms. The lowest BCUT2D eigenvalue weighted by Gasteiger charge is -2.05. The summed E-state index contributed by atoms with van der Waals surface area (Å²) in [5, 5.41) is 0.929. The Morgan fingerprint density at radius 2 is 2.27 bits per heavy atom. The first-order valence-electron chi connectivity index (χ1n) is 4.56. The summed E-state index contributed by atoms with van der Waals surface area (Å²) in [5.41, 5.74) is 1.24. The summed E-state index contributed by atoms with van der Waals surface area (Å²) in [7, 11) is 0. The van der Waals surface area contributed by atoms with Crippen LogP contribution < -0.4 is 4.74 Å². The van der Waals surface area contributed by atoms with E-state index in [9.17, 15) is 0 Å². The molecule has 5 heteroatoms. The van der Waals surface area contributed by atoms with Gasteiger partial charge in [0.1, 0.15) is 5.75 Å². The molecule has 3 nitrogen and oxygen atoms in total. The second-order valence-corrected chi connectivity index (χ2v) is 4.81. The van der Waals surface area contributed by atoms with Crippen molar-refractivity contribution in [3.05, 3.63) is 39.6 Å². The molecular formula is C10H7BrN2OS. The molecule has 1 aliphatic rings. The van der Waals surface area contributed by atoms with E-state index < -0.39 is 0 Å². The highest BCUT2D eigenvalue weighted by molar-refractivity contribution is 9.10. The van der Waals surface area contributed by atoms with Crippen molar-refractivity contribution in [2.24, 2.45) is 0 Å². The van der Waals surface area contributed by atoms with Crippen LogP contribution in [0.25, 0.3) is 0 Å². The molecule has 0 saturated heterocycles. The van der Waals surface area contributed by atoms with Gasteiger partial charge in [0.25, 0.3) is 0 Å². The normalized spacial score (nSPS) is 18.6. The average Bonchev–Trinajstić information content (AvgIpc) is 2.82. The molecule has 0 amide bonds. The van der Waals surface area contributed by atoms with Crippen LogP contribution >= 0.6 is 27.5 Å². The molecule has 1 aliphatic heterocycles. The highest BCUT2D eigenvalue weighted by Crippen LogP contribution is 2.36. The number of rotatable bonds is 1. The summed E-state index contributed by atoms with van der Waals surface area (Å²) < 4.78 is 10.5. The summed E-state index contributed by atoms with van der Waals surface area (Å²) in [6.07, 6.45) is 0.920. The molecule has 0 aliphatic carbocycles. The number of ether oxygens (including phenoxy) is 1. The molecule has 0 spiro atoms. The Balaban J connectivity index is 1.90. The molecule has 1 aromatic carbocycles. The molecule has 0 N–H and O–H groups in total. The fraction of sp³-hybridized carbons (Fsp3) is 0.200. The van der Waals surface area contributed by atoms with Gasteiger partial charge in [-0.25, -0.2) is 4.98 Å². The topological polar surface area (TPSA) is 35.0 Å². The quantitative estimate of drug-likeness (QED) is 0.807. The molecule has 0 fully saturated rings. The molecule has 2 aromatic rings. The third-order valence-corrected chi connectivity index (χ3v) is 3.73. The molecule has 0 saturated carbocycles. The zero-order chi connectivity index (χ0) is 10.3. The summed E-state index contributed by atoms with van der Waals surface area (Å²) >= 11 is 4.63. The first kappa shape index (κ1) is 9.30. The standard InChI is InChI=1S/C10H7BrN2OS/c11-10-12-9(15-13-10)8-5-6-3-1-2-4-7(6)14-8/h1-4,8H,5H2. The van der Waals surface area contributed by atoms with Gasteiger partial charge < -0.3 is 4.74 Å². The van der Waals surface area contributed by atoms with Crippen LogP contribution in [-0.4, -0.2) is 9.36 Å². The van der Waals surface area contributed by atoms with Gasteiger partial charge in [-0.2, -0.15) is 4.37 Å². The van der Waals surface area contributed by atoms with E-state index in [0.29, 0.717) is 4.73 Å². The second kappa shape index (κ2) is 3.57. The minimum atomic E-state index is 0.0335. The predicted molar refractivity (Wildman–Crippen MR) is 61.1 cm³/mol. The van der Waals surface area contributed by atoms with E-state index in [1.54, 1.807) is 0 Å². The van der Waals surface area contributed by atoms with Crippen LogP contribution in [0.5, 0.6) is 5.75 Å². The van der Waals surface area contributed by atoms with E-state index in [-0.39, 0.29) is 6.10 Å². The molecule has 3 rings (SSSR count). The van der Waals surface area contributed by atoms with Gasteiger partial charge in [0, 0.05) is 6.42 Å².